The number of rotatable bonds is 4. The van der Waals surface area contributed by atoms with Crippen molar-refractivity contribution in [3.05, 3.63) is 35.9 Å². The Morgan fingerprint density at radius 1 is 1.35 bits per heavy atom. The highest BCUT2D eigenvalue weighted by Crippen LogP contribution is 2.23. The van der Waals surface area contributed by atoms with E-state index in [9.17, 15) is 9.59 Å². The zero-order valence-corrected chi connectivity index (χ0v) is 14.3. The molecule has 1 aromatic carbocycles. The lowest BCUT2D eigenvalue weighted by Gasteiger charge is -2.24. The number of hydrogen-bond acceptors (Lipinski definition) is 3. The molecule has 2 atom stereocenters. The molecule has 23 heavy (non-hydrogen) atoms. The van der Waals surface area contributed by atoms with Crippen molar-refractivity contribution in [1.82, 2.24) is 10.2 Å². The fourth-order valence-electron chi connectivity index (χ4n) is 2.71. The Morgan fingerprint density at radius 3 is 2.61 bits per heavy atom. The van der Waals surface area contributed by atoms with Crippen molar-refractivity contribution in [2.24, 2.45) is 5.92 Å². The fraction of sp³-hybridized carbons (Fsp3) is 0.556. The third-order valence-electron chi connectivity index (χ3n) is 3.91. The highest BCUT2D eigenvalue weighted by atomic mass is 16.6. The monoisotopic (exact) mass is 318 g/mol. The van der Waals surface area contributed by atoms with E-state index < -0.39 is 11.7 Å². The normalized spacial score (nSPS) is 19.6. The van der Waals surface area contributed by atoms with Crippen molar-refractivity contribution < 1.29 is 14.3 Å². The van der Waals surface area contributed by atoms with Gasteiger partial charge >= 0.3 is 6.09 Å². The number of carbonyl (C=O) groups excluding carboxylic acids is 2. The van der Waals surface area contributed by atoms with Crippen LogP contribution in [0.4, 0.5) is 4.79 Å². The standard InChI is InChI=1S/C18H26N2O3/c1-13(19-17(22)23-18(2,3)4)15-10-16(21)20(12-15)11-14-8-6-5-7-9-14/h5-9,13,15H,10-12H2,1-4H3,(H,19,22)/t13-,15-/m0/s1. The van der Waals surface area contributed by atoms with Gasteiger partial charge in [-0.1, -0.05) is 30.3 Å². The molecule has 1 aliphatic heterocycles. The molecule has 0 bridgehead atoms. The lowest BCUT2D eigenvalue weighted by Crippen LogP contribution is -2.42. The molecule has 5 heteroatoms. The van der Waals surface area contributed by atoms with E-state index in [0.717, 1.165) is 5.56 Å². The summed E-state index contributed by atoms with van der Waals surface area (Å²) in [4.78, 5) is 25.9. The lowest BCUT2D eigenvalue weighted by molar-refractivity contribution is -0.128. The van der Waals surface area contributed by atoms with Crippen LogP contribution in [0.25, 0.3) is 0 Å². The summed E-state index contributed by atoms with van der Waals surface area (Å²) in [6, 6.07) is 9.84. The summed E-state index contributed by atoms with van der Waals surface area (Å²) in [5, 5.41) is 2.84. The number of likely N-dealkylation sites (tertiary alicyclic amines) is 1. The molecule has 0 unspecified atom stereocenters. The van der Waals surface area contributed by atoms with Gasteiger partial charge in [0, 0.05) is 31.5 Å². The van der Waals surface area contributed by atoms with Crippen LogP contribution >= 0.6 is 0 Å². The number of ether oxygens (including phenoxy) is 1. The predicted octanol–water partition coefficient (Wildman–Crippen LogP) is 2.95. The van der Waals surface area contributed by atoms with Gasteiger partial charge in [0.15, 0.2) is 0 Å². The zero-order valence-electron chi connectivity index (χ0n) is 14.3. The Labute approximate surface area is 138 Å². The molecular weight excluding hydrogens is 292 g/mol. The maximum atomic E-state index is 12.2. The van der Waals surface area contributed by atoms with Crippen LogP contribution in [0, 0.1) is 5.92 Å². The highest BCUT2D eigenvalue weighted by Gasteiger charge is 2.34. The van der Waals surface area contributed by atoms with Crippen molar-refractivity contribution in [2.75, 3.05) is 6.54 Å². The Balaban J connectivity index is 1.87. The van der Waals surface area contributed by atoms with Crippen LogP contribution in [0.3, 0.4) is 0 Å². The SMILES string of the molecule is C[C@H](NC(=O)OC(C)(C)C)[C@H]1CC(=O)N(Cc2ccccc2)C1. The van der Waals surface area contributed by atoms with Crippen LogP contribution in [0.2, 0.25) is 0 Å². The molecule has 0 aromatic heterocycles. The maximum absolute atomic E-state index is 12.2. The summed E-state index contributed by atoms with van der Waals surface area (Å²) in [6.07, 6.45) is 0.0306. The summed E-state index contributed by atoms with van der Waals surface area (Å²) in [5.74, 6) is 0.246. The summed E-state index contributed by atoms with van der Waals surface area (Å²) < 4.78 is 5.27. The van der Waals surface area contributed by atoms with Crippen LogP contribution < -0.4 is 5.32 Å². The molecule has 0 spiro atoms. The third-order valence-corrected chi connectivity index (χ3v) is 3.91. The lowest BCUT2D eigenvalue weighted by atomic mass is 10.0. The molecule has 1 N–H and O–H groups in total. The minimum Gasteiger partial charge on any atom is -0.444 e. The van der Waals surface area contributed by atoms with Crippen LogP contribution in [0.1, 0.15) is 39.7 Å². The average molecular weight is 318 g/mol. The molecule has 1 fully saturated rings. The van der Waals surface area contributed by atoms with E-state index in [1.54, 1.807) is 0 Å². The number of benzene rings is 1. The van der Waals surface area contributed by atoms with Gasteiger partial charge in [0.05, 0.1) is 0 Å². The van der Waals surface area contributed by atoms with Gasteiger partial charge in [-0.3, -0.25) is 4.79 Å². The molecule has 0 saturated carbocycles. The van der Waals surface area contributed by atoms with Gasteiger partial charge in [-0.2, -0.15) is 0 Å². The molecule has 1 heterocycles. The Kier molecular flexibility index (Phi) is 5.29. The van der Waals surface area contributed by atoms with Gasteiger partial charge in [0.2, 0.25) is 5.91 Å². The zero-order chi connectivity index (χ0) is 17.0. The fourth-order valence-corrected chi connectivity index (χ4v) is 2.71. The van der Waals surface area contributed by atoms with Crippen LogP contribution in [-0.2, 0) is 16.1 Å². The van der Waals surface area contributed by atoms with Crippen molar-refractivity contribution in [1.29, 1.82) is 0 Å². The van der Waals surface area contributed by atoms with E-state index in [0.29, 0.717) is 19.5 Å². The predicted molar refractivity (Wildman–Crippen MR) is 88.8 cm³/mol. The quantitative estimate of drug-likeness (QED) is 0.928. The van der Waals surface area contributed by atoms with E-state index in [-0.39, 0.29) is 17.9 Å². The molecule has 5 nitrogen and oxygen atoms in total. The topological polar surface area (TPSA) is 58.6 Å². The number of amides is 2. The van der Waals surface area contributed by atoms with Gasteiger partial charge in [-0.15, -0.1) is 0 Å². The summed E-state index contributed by atoms with van der Waals surface area (Å²) in [7, 11) is 0. The van der Waals surface area contributed by atoms with Gasteiger partial charge < -0.3 is 15.0 Å². The third kappa shape index (κ3) is 5.27. The minimum absolute atomic E-state index is 0.102. The van der Waals surface area contributed by atoms with E-state index in [4.69, 9.17) is 4.74 Å². The second-order valence-corrected chi connectivity index (χ2v) is 7.16. The number of nitrogens with zero attached hydrogens (tertiary/aromatic N) is 1. The summed E-state index contributed by atoms with van der Waals surface area (Å²) >= 11 is 0. The molecule has 0 radical (unpaired) electrons. The van der Waals surface area contributed by atoms with Crippen LogP contribution in [-0.4, -0.2) is 35.1 Å². The molecular formula is C18H26N2O3. The van der Waals surface area contributed by atoms with Crippen LogP contribution in [0.15, 0.2) is 30.3 Å². The second kappa shape index (κ2) is 7.02. The first kappa shape index (κ1) is 17.3. The summed E-state index contributed by atoms with van der Waals surface area (Å²) in [6.45, 7) is 8.70. The first-order chi connectivity index (χ1) is 10.7. The van der Waals surface area contributed by atoms with E-state index >= 15 is 0 Å². The van der Waals surface area contributed by atoms with Gasteiger partial charge in [-0.25, -0.2) is 4.79 Å². The van der Waals surface area contributed by atoms with Gasteiger partial charge in [0.1, 0.15) is 5.60 Å². The van der Waals surface area contributed by atoms with E-state index in [1.807, 2.05) is 62.9 Å². The van der Waals surface area contributed by atoms with Crippen molar-refractivity contribution in [3.8, 4) is 0 Å². The molecule has 0 aliphatic carbocycles. The molecule has 1 aromatic rings. The second-order valence-electron chi connectivity index (χ2n) is 7.16. The number of alkyl carbamates (subject to hydrolysis) is 1. The first-order valence-corrected chi connectivity index (χ1v) is 8.06. The highest BCUT2D eigenvalue weighted by molar-refractivity contribution is 5.79. The van der Waals surface area contributed by atoms with Crippen molar-refractivity contribution >= 4 is 12.0 Å². The Morgan fingerprint density at radius 2 is 2.00 bits per heavy atom. The van der Waals surface area contributed by atoms with Crippen LogP contribution in [0.5, 0.6) is 0 Å². The molecule has 126 valence electrons. The molecule has 1 saturated heterocycles. The first-order valence-electron chi connectivity index (χ1n) is 8.06. The number of hydrogen-bond donors (Lipinski definition) is 1. The molecule has 1 aliphatic rings. The van der Waals surface area contributed by atoms with E-state index in [2.05, 4.69) is 5.32 Å². The Bertz CT molecular complexity index is 551. The smallest absolute Gasteiger partial charge is 0.407 e. The minimum atomic E-state index is -0.519. The van der Waals surface area contributed by atoms with Gasteiger partial charge in [0.25, 0.3) is 0 Å². The summed E-state index contributed by atoms with van der Waals surface area (Å²) in [5.41, 5.74) is 0.600. The number of carbonyl (C=O) groups is 2. The molecule has 2 amide bonds. The number of nitrogens with one attached hydrogen (secondary N) is 1. The molecule has 2 rings (SSSR count). The Hall–Kier alpha value is -2.04. The average Bonchev–Trinajstić information content (AvgIpc) is 2.79. The largest absolute Gasteiger partial charge is 0.444 e. The van der Waals surface area contributed by atoms with Crippen molar-refractivity contribution in [3.63, 3.8) is 0 Å². The van der Waals surface area contributed by atoms with E-state index in [1.165, 1.54) is 0 Å². The van der Waals surface area contributed by atoms with Crippen molar-refractivity contribution in [2.45, 2.75) is 52.3 Å². The maximum Gasteiger partial charge on any atom is 0.407 e. The van der Waals surface area contributed by atoms with Gasteiger partial charge in [-0.05, 0) is 33.3 Å².